The van der Waals surface area contributed by atoms with Gasteiger partial charge in [-0.25, -0.2) is 0 Å². The van der Waals surface area contributed by atoms with Gasteiger partial charge in [0.1, 0.15) is 0 Å². The van der Waals surface area contributed by atoms with Crippen LogP contribution in [0.1, 0.15) is 25.5 Å². The molecule has 0 amide bonds. The van der Waals surface area contributed by atoms with Crippen LogP contribution in [0.3, 0.4) is 0 Å². The Morgan fingerprint density at radius 2 is 2.00 bits per heavy atom. The van der Waals surface area contributed by atoms with Gasteiger partial charge >= 0.3 is 0 Å². The first-order valence-corrected chi connectivity index (χ1v) is 5.46. The summed E-state index contributed by atoms with van der Waals surface area (Å²) in [4.78, 5) is 1.58. The highest BCUT2D eigenvalue weighted by atomic mass is 15.6. The van der Waals surface area contributed by atoms with Gasteiger partial charge in [0.15, 0.2) is 0 Å². The van der Waals surface area contributed by atoms with Gasteiger partial charge in [-0.1, -0.05) is 24.3 Å². The summed E-state index contributed by atoms with van der Waals surface area (Å²) >= 11 is 0. The van der Waals surface area contributed by atoms with E-state index in [1.165, 1.54) is 0 Å². The molecule has 0 atom stereocenters. The lowest BCUT2D eigenvalue weighted by atomic mass is 10.1. The predicted octanol–water partition coefficient (Wildman–Crippen LogP) is 1.99. The summed E-state index contributed by atoms with van der Waals surface area (Å²) < 4.78 is 0. The van der Waals surface area contributed by atoms with Gasteiger partial charge in [-0.3, -0.25) is 0 Å². The van der Waals surface area contributed by atoms with E-state index in [2.05, 4.69) is 21.5 Å². The van der Waals surface area contributed by atoms with E-state index >= 15 is 0 Å². The number of aromatic nitrogens is 4. The Morgan fingerprint density at radius 3 is 2.53 bits per heavy atom. The molecule has 0 spiro atoms. The van der Waals surface area contributed by atoms with Gasteiger partial charge in [-0.2, -0.15) is 10.1 Å². The first-order valence-electron chi connectivity index (χ1n) is 5.46. The monoisotopic (exact) mass is 227 g/mol. The van der Waals surface area contributed by atoms with Crippen LogP contribution in [-0.2, 0) is 6.42 Å². The highest BCUT2D eigenvalue weighted by Crippen LogP contribution is 2.15. The second-order valence-electron chi connectivity index (χ2n) is 4.06. The molecule has 86 valence electrons. The first-order chi connectivity index (χ1) is 8.20. The maximum atomic E-state index is 8.58. The lowest BCUT2D eigenvalue weighted by molar-refractivity contribution is 0.455. The van der Waals surface area contributed by atoms with Crippen molar-refractivity contribution in [3.05, 3.63) is 29.8 Å². The van der Waals surface area contributed by atoms with Crippen LogP contribution in [0.25, 0.3) is 11.4 Å². The third kappa shape index (κ3) is 2.48. The fourth-order valence-corrected chi connectivity index (χ4v) is 1.42. The minimum Gasteiger partial charge on any atom is -0.198 e. The summed E-state index contributed by atoms with van der Waals surface area (Å²) in [5.41, 5.74) is 1.91. The molecule has 0 unspecified atom stereocenters. The number of nitrogens with zero attached hydrogens (tertiary/aromatic N) is 5. The molecule has 0 aliphatic carbocycles. The van der Waals surface area contributed by atoms with E-state index in [1.54, 1.807) is 4.80 Å². The second-order valence-corrected chi connectivity index (χ2v) is 4.06. The van der Waals surface area contributed by atoms with Crippen LogP contribution < -0.4 is 0 Å². The number of tetrazole rings is 1. The van der Waals surface area contributed by atoms with E-state index in [9.17, 15) is 0 Å². The lowest BCUT2D eigenvalue weighted by Crippen LogP contribution is -2.04. The van der Waals surface area contributed by atoms with E-state index in [-0.39, 0.29) is 6.04 Å². The molecule has 0 saturated heterocycles. The highest BCUT2D eigenvalue weighted by molar-refractivity contribution is 5.54. The second kappa shape index (κ2) is 4.74. The quantitative estimate of drug-likeness (QED) is 0.804. The molecule has 1 aromatic carbocycles. The molecule has 1 aromatic heterocycles. The van der Waals surface area contributed by atoms with Crippen LogP contribution in [0.2, 0.25) is 0 Å². The smallest absolute Gasteiger partial charge is 0.198 e. The molecule has 0 N–H and O–H groups in total. The molecular weight excluding hydrogens is 214 g/mol. The van der Waals surface area contributed by atoms with E-state index in [4.69, 9.17) is 5.26 Å². The van der Waals surface area contributed by atoms with Crippen LogP contribution in [0.15, 0.2) is 24.3 Å². The van der Waals surface area contributed by atoms with Crippen molar-refractivity contribution < 1.29 is 0 Å². The average Bonchev–Trinajstić information content (AvgIpc) is 2.80. The fourth-order valence-electron chi connectivity index (χ4n) is 1.42. The fraction of sp³-hybridized carbons (Fsp3) is 0.333. The largest absolute Gasteiger partial charge is 0.204 e. The maximum absolute atomic E-state index is 8.58. The molecule has 0 radical (unpaired) electrons. The summed E-state index contributed by atoms with van der Waals surface area (Å²) in [6.45, 7) is 4.00. The van der Waals surface area contributed by atoms with Crippen molar-refractivity contribution in [2.45, 2.75) is 26.3 Å². The van der Waals surface area contributed by atoms with Crippen molar-refractivity contribution in [1.82, 2.24) is 20.2 Å². The summed E-state index contributed by atoms with van der Waals surface area (Å²) in [5.74, 6) is 0.613. The summed E-state index contributed by atoms with van der Waals surface area (Å²) in [7, 11) is 0. The normalized spacial score (nSPS) is 10.5. The van der Waals surface area contributed by atoms with Gasteiger partial charge in [-0.05, 0) is 24.6 Å². The molecule has 0 fully saturated rings. The summed E-state index contributed by atoms with van der Waals surface area (Å²) in [6.07, 6.45) is 0.423. The Morgan fingerprint density at radius 1 is 1.29 bits per heavy atom. The van der Waals surface area contributed by atoms with E-state index in [1.807, 2.05) is 38.1 Å². The van der Waals surface area contributed by atoms with Gasteiger partial charge in [0, 0.05) is 5.56 Å². The van der Waals surface area contributed by atoms with Crippen LogP contribution in [0.4, 0.5) is 0 Å². The van der Waals surface area contributed by atoms with Crippen molar-refractivity contribution in [1.29, 1.82) is 5.26 Å². The van der Waals surface area contributed by atoms with Crippen LogP contribution >= 0.6 is 0 Å². The standard InChI is InChI=1S/C12H13N5/c1-9(2)17-15-12(14-16-17)11-5-3-10(4-6-11)7-8-13/h3-6,9H,7H2,1-2H3. The summed E-state index contributed by atoms with van der Waals surface area (Å²) in [6, 6.07) is 9.96. The minimum atomic E-state index is 0.203. The van der Waals surface area contributed by atoms with Gasteiger partial charge in [0.25, 0.3) is 0 Å². The SMILES string of the molecule is CC(C)n1nnc(-c2ccc(CC#N)cc2)n1. The molecule has 2 aromatic rings. The number of hydrogen-bond acceptors (Lipinski definition) is 4. The molecule has 0 bridgehead atoms. The van der Waals surface area contributed by atoms with Gasteiger partial charge < -0.3 is 0 Å². The van der Waals surface area contributed by atoms with Gasteiger partial charge in [-0.15, -0.1) is 10.2 Å². The highest BCUT2D eigenvalue weighted by Gasteiger charge is 2.07. The van der Waals surface area contributed by atoms with E-state index in [0.29, 0.717) is 12.2 Å². The van der Waals surface area contributed by atoms with Crippen LogP contribution in [0.5, 0.6) is 0 Å². The van der Waals surface area contributed by atoms with Crippen LogP contribution in [-0.4, -0.2) is 20.2 Å². The van der Waals surface area contributed by atoms with Crippen molar-refractivity contribution in [3.63, 3.8) is 0 Å². The number of benzene rings is 1. The zero-order valence-electron chi connectivity index (χ0n) is 9.83. The molecule has 17 heavy (non-hydrogen) atoms. The van der Waals surface area contributed by atoms with Gasteiger partial charge in [0.2, 0.25) is 5.82 Å². The lowest BCUT2D eigenvalue weighted by Gasteiger charge is -1.99. The average molecular weight is 227 g/mol. The molecule has 0 saturated carbocycles. The van der Waals surface area contributed by atoms with Gasteiger partial charge in [0.05, 0.1) is 18.5 Å². The third-order valence-corrected chi connectivity index (χ3v) is 2.39. The van der Waals surface area contributed by atoms with Crippen molar-refractivity contribution in [2.24, 2.45) is 0 Å². The zero-order chi connectivity index (χ0) is 12.3. The topological polar surface area (TPSA) is 67.4 Å². The number of hydrogen-bond donors (Lipinski definition) is 0. The van der Waals surface area contributed by atoms with Crippen molar-refractivity contribution >= 4 is 0 Å². The molecular formula is C12H13N5. The molecule has 1 heterocycles. The van der Waals surface area contributed by atoms with E-state index in [0.717, 1.165) is 11.1 Å². The number of rotatable bonds is 3. The Labute approximate surface area is 99.7 Å². The van der Waals surface area contributed by atoms with Crippen molar-refractivity contribution in [3.8, 4) is 17.5 Å². The first kappa shape index (κ1) is 11.3. The molecule has 5 nitrogen and oxygen atoms in total. The predicted molar refractivity (Wildman–Crippen MR) is 63.0 cm³/mol. The molecule has 2 rings (SSSR count). The van der Waals surface area contributed by atoms with Crippen LogP contribution in [0, 0.1) is 11.3 Å². The zero-order valence-corrected chi connectivity index (χ0v) is 9.83. The Balaban J connectivity index is 2.24. The maximum Gasteiger partial charge on any atom is 0.204 e. The van der Waals surface area contributed by atoms with E-state index < -0.39 is 0 Å². The number of nitriles is 1. The summed E-state index contributed by atoms with van der Waals surface area (Å²) in [5, 5.41) is 20.8. The minimum absolute atomic E-state index is 0.203. The third-order valence-electron chi connectivity index (χ3n) is 2.39. The molecule has 0 aliphatic heterocycles. The Hall–Kier alpha value is -2.22. The Bertz CT molecular complexity index is 533. The Kier molecular flexibility index (Phi) is 3.15. The molecule has 0 aliphatic rings. The van der Waals surface area contributed by atoms with Crippen molar-refractivity contribution in [2.75, 3.05) is 0 Å². The molecule has 5 heteroatoms.